The van der Waals surface area contributed by atoms with E-state index >= 15 is 0 Å². The number of nitrogens with zero attached hydrogens (tertiary/aromatic N) is 2. The van der Waals surface area contributed by atoms with Gasteiger partial charge in [0.1, 0.15) is 5.01 Å². The van der Waals surface area contributed by atoms with Gasteiger partial charge < -0.3 is 5.32 Å². The molecule has 0 unspecified atom stereocenters. The zero-order chi connectivity index (χ0) is 13.0. The van der Waals surface area contributed by atoms with E-state index in [1.165, 1.54) is 11.3 Å². The van der Waals surface area contributed by atoms with Crippen LogP contribution in [0.2, 0.25) is 0 Å². The van der Waals surface area contributed by atoms with Crippen molar-refractivity contribution in [3.05, 3.63) is 34.8 Å². The molecule has 5 nitrogen and oxygen atoms in total. The molecule has 0 bridgehead atoms. The molecule has 0 aliphatic carbocycles. The van der Waals surface area contributed by atoms with Gasteiger partial charge in [0.25, 0.3) is 5.91 Å². The summed E-state index contributed by atoms with van der Waals surface area (Å²) in [6.07, 6.45) is 0.824. The van der Waals surface area contributed by atoms with Crippen LogP contribution in [0.25, 0.3) is 0 Å². The Morgan fingerprint density at radius 3 is 2.56 bits per heavy atom. The summed E-state index contributed by atoms with van der Waals surface area (Å²) in [5.74, 6) is -0.170. The van der Waals surface area contributed by atoms with Gasteiger partial charge in [-0.3, -0.25) is 10.1 Å². The summed E-state index contributed by atoms with van der Waals surface area (Å²) in [7, 11) is 1.84. The van der Waals surface area contributed by atoms with E-state index in [2.05, 4.69) is 20.8 Å². The second-order valence-corrected chi connectivity index (χ2v) is 4.70. The summed E-state index contributed by atoms with van der Waals surface area (Å²) in [5, 5.41) is 15.1. The maximum absolute atomic E-state index is 11.9. The molecule has 0 aliphatic rings. The minimum atomic E-state index is -0.170. The van der Waals surface area contributed by atoms with Crippen molar-refractivity contribution in [3.63, 3.8) is 0 Å². The molecule has 1 heterocycles. The number of hydrogen-bond acceptors (Lipinski definition) is 5. The van der Waals surface area contributed by atoms with Crippen molar-refractivity contribution < 1.29 is 4.79 Å². The predicted molar refractivity (Wildman–Crippen MR) is 73.2 cm³/mol. The fourth-order valence-corrected chi connectivity index (χ4v) is 2.08. The normalized spacial score (nSPS) is 10.1. The van der Waals surface area contributed by atoms with E-state index in [9.17, 15) is 4.79 Å². The number of aryl methyl sites for hydroxylation is 1. The molecule has 2 N–H and O–H groups in total. The Morgan fingerprint density at radius 2 is 2.00 bits per heavy atom. The quantitative estimate of drug-likeness (QED) is 0.888. The Balaban J connectivity index is 2.06. The van der Waals surface area contributed by atoms with Crippen LogP contribution in [0.15, 0.2) is 24.3 Å². The maximum Gasteiger partial charge on any atom is 0.257 e. The highest BCUT2D eigenvalue weighted by atomic mass is 32.1. The molecule has 18 heavy (non-hydrogen) atoms. The van der Waals surface area contributed by atoms with Gasteiger partial charge in [0.15, 0.2) is 0 Å². The van der Waals surface area contributed by atoms with Crippen LogP contribution < -0.4 is 10.6 Å². The highest BCUT2D eigenvalue weighted by Crippen LogP contribution is 2.17. The zero-order valence-electron chi connectivity index (χ0n) is 10.2. The third kappa shape index (κ3) is 2.84. The van der Waals surface area contributed by atoms with Crippen LogP contribution in [0, 0.1) is 0 Å². The first-order valence-corrected chi connectivity index (χ1v) is 6.46. The Labute approximate surface area is 109 Å². The van der Waals surface area contributed by atoms with Crippen LogP contribution in [0.4, 0.5) is 10.8 Å². The Morgan fingerprint density at radius 1 is 1.28 bits per heavy atom. The first-order chi connectivity index (χ1) is 8.72. The minimum Gasteiger partial charge on any atom is -0.388 e. The Hall–Kier alpha value is -1.95. The highest BCUT2D eigenvalue weighted by Gasteiger charge is 2.09. The number of hydrogen-bond donors (Lipinski definition) is 2. The van der Waals surface area contributed by atoms with Crippen LogP contribution in [-0.4, -0.2) is 23.2 Å². The molecule has 0 fully saturated rings. The van der Waals surface area contributed by atoms with Gasteiger partial charge in [0.05, 0.1) is 0 Å². The molecular formula is C12H14N4OS. The van der Waals surface area contributed by atoms with Crippen LogP contribution in [0.3, 0.4) is 0 Å². The number of carbonyl (C=O) groups is 1. The number of aromatic nitrogens is 2. The zero-order valence-corrected chi connectivity index (χ0v) is 11.0. The van der Waals surface area contributed by atoms with E-state index in [0.717, 1.165) is 17.1 Å². The van der Waals surface area contributed by atoms with Crippen molar-refractivity contribution in [2.75, 3.05) is 17.7 Å². The second-order valence-electron chi connectivity index (χ2n) is 3.64. The molecule has 0 saturated carbocycles. The minimum absolute atomic E-state index is 0.170. The first-order valence-electron chi connectivity index (χ1n) is 5.64. The number of rotatable bonds is 4. The van der Waals surface area contributed by atoms with E-state index in [1.54, 1.807) is 12.1 Å². The maximum atomic E-state index is 11.9. The van der Waals surface area contributed by atoms with Gasteiger partial charge >= 0.3 is 0 Å². The summed E-state index contributed by atoms with van der Waals surface area (Å²) in [6, 6.07) is 7.24. The van der Waals surface area contributed by atoms with E-state index in [1.807, 2.05) is 26.1 Å². The van der Waals surface area contributed by atoms with Crippen molar-refractivity contribution in [2.24, 2.45) is 0 Å². The molecule has 1 aromatic carbocycles. The Bertz CT molecular complexity index is 535. The van der Waals surface area contributed by atoms with Gasteiger partial charge in [0, 0.05) is 18.3 Å². The van der Waals surface area contributed by atoms with E-state index in [0.29, 0.717) is 10.7 Å². The SMILES string of the molecule is CCc1nnc(NC(=O)c2ccc(NC)cc2)s1. The molecule has 2 rings (SSSR count). The fourth-order valence-electron chi connectivity index (χ4n) is 1.40. The lowest BCUT2D eigenvalue weighted by molar-refractivity contribution is 0.102. The lowest BCUT2D eigenvalue weighted by Gasteiger charge is -2.03. The first kappa shape index (κ1) is 12.5. The summed E-state index contributed by atoms with van der Waals surface area (Å²) in [4.78, 5) is 11.9. The molecule has 0 aliphatic heterocycles. The average Bonchev–Trinajstić information content (AvgIpc) is 2.86. The van der Waals surface area contributed by atoms with Crippen LogP contribution in [0.5, 0.6) is 0 Å². The fraction of sp³-hybridized carbons (Fsp3) is 0.250. The van der Waals surface area contributed by atoms with Gasteiger partial charge in [0.2, 0.25) is 5.13 Å². The number of benzene rings is 1. The topological polar surface area (TPSA) is 66.9 Å². The van der Waals surface area contributed by atoms with Gasteiger partial charge in [-0.25, -0.2) is 0 Å². The largest absolute Gasteiger partial charge is 0.388 e. The van der Waals surface area contributed by atoms with Gasteiger partial charge in [-0.2, -0.15) is 0 Å². The summed E-state index contributed by atoms with van der Waals surface area (Å²) in [5.41, 5.74) is 1.57. The third-order valence-electron chi connectivity index (χ3n) is 2.43. The molecule has 2 aromatic rings. The molecule has 1 aromatic heterocycles. The molecule has 0 atom stereocenters. The molecule has 6 heteroatoms. The highest BCUT2D eigenvalue weighted by molar-refractivity contribution is 7.15. The van der Waals surface area contributed by atoms with Crippen molar-refractivity contribution in [2.45, 2.75) is 13.3 Å². The molecule has 0 saturated heterocycles. The molecule has 1 amide bonds. The predicted octanol–water partition coefficient (Wildman–Crippen LogP) is 2.39. The summed E-state index contributed by atoms with van der Waals surface area (Å²) in [6.45, 7) is 2.00. The Kier molecular flexibility index (Phi) is 3.88. The monoisotopic (exact) mass is 262 g/mol. The number of nitrogens with one attached hydrogen (secondary N) is 2. The van der Waals surface area contributed by atoms with Crippen molar-refractivity contribution >= 4 is 28.1 Å². The molecule has 94 valence electrons. The van der Waals surface area contributed by atoms with Gasteiger partial charge in [-0.15, -0.1) is 10.2 Å². The standard InChI is InChI=1S/C12H14N4OS/c1-3-10-15-16-12(18-10)14-11(17)8-4-6-9(13-2)7-5-8/h4-7,13H,3H2,1-2H3,(H,14,16,17). The molecular weight excluding hydrogens is 248 g/mol. The average molecular weight is 262 g/mol. The van der Waals surface area contributed by atoms with Crippen LogP contribution >= 0.6 is 11.3 Å². The van der Waals surface area contributed by atoms with Crippen molar-refractivity contribution in [3.8, 4) is 0 Å². The summed E-state index contributed by atoms with van der Waals surface area (Å²) >= 11 is 1.40. The number of anilines is 2. The van der Waals surface area contributed by atoms with E-state index in [4.69, 9.17) is 0 Å². The summed E-state index contributed by atoms with van der Waals surface area (Å²) < 4.78 is 0. The molecule has 0 spiro atoms. The van der Waals surface area contributed by atoms with Crippen LogP contribution in [0.1, 0.15) is 22.3 Å². The van der Waals surface area contributed by atoms with Gasteiger partial charge in [-0.1, -0.05) is 18.3 Å². The second kappa shape index (κ2) is 5.59. The lowest BCUT2D eigenvalue weighted by Crippen LogP contribution is -2.11. The van der Waals surface area contributed by atoms with Crippen molar-refractivity contribution in [1.29, 1.82) is 0 Å². The van der Waals surface area contributed by atoms with Crippen molar-refractivity contribution in [1.82, 2.24) is 10.2 Å². The molecule has 0 radical (unpaired) electrons. The van der Waals surface area contributed by atoms with E-state index < -0.39 is 0 Å². The smallest absolute Gasteiger partial charge is 0.257 e. The van der Waals surface area contributed by atoms with Gasteiger partial charge in [-0.05, 0) is 30.7 Å². The third-order valence-corrected chi connectivity index (χ3v) is 3.41. The van der Waals surface area contributed by atoms with Crippen LogP contribution in [-0.2, 0) is 6.42 Å². The van der Waals surface area contributed by atoms with E-state index in [-0.39, 0.29) is 5.91 Å². The number of carbonyl (C=O) groups excluding carboxylic acids is 1. The number of amides is 1. The lowest BCUT2D eigenvalue weighted by atomic mass is 10.2.